The van der Waals surface area contributed by atoms with E-state index in [4.69, 9.17) is 29.9 Å². The van der Waals surface area contributed by atoms with Crippen molar-refractivity contribution < 1.29 is 45.9 Å². The highest BCUT2D eigenvalue weighted by Gasteiger charge is 2.62. The van der Waals surface area contributed by atoms with Gasteiger partial charge in [-0.05, 0) is 63.6 Å². The predicted octanol–water partition coefficient (Wildman–Crippen LogP) is 3.85. The number of alkyl carbamates (subject to hydrolysis) is 1. The molecule has 1 saturated heterocycles. The summed E-state index contributed by atoms with van der Waals surface area (Å²) in [5.41, 5.74) is -4.53. The molecule has 0 spiro atoms. The van der Waals surface area contributed by atoms with Gasteiger partial charge < -0.3 is 29.7 Å². The summed E-state index contributed by atoms with van der Waals surface area (Å²) in [6, 6.07) is 2.42. The van der Waals surface area contributed by atoms with Gasteiger partial charge in [0.1, 0.15) is 35.1 Å². The quantitative estimate of drug-likeness (QED) is 0.285. The van der Waals surface area contributed by atoms with Crippen molar-refractivity contribution in [3.63, 3.8) is 0 Å². The molecule has 3 fully saturated rings. The molecule has 2 heterocycles. The topological polar surface area (TPSA) is 182 Å². The van der Waals surface area contributed by atoms with E-state index in [1.165, 1.54) is 38.1 Å². The van der Waals surface area contributed by atoms with Crippen LogP contribution in [0.15, 0.2) is 37.1 Å². The number of amides is 4. The summed E-state index contributed by atoms with van der Waals surface area (Å²) < 4.78 is 67.7. The van der Waals surface area contributed by atoms with Crippen LogP contribution in [0.2, 0.25) is 5.02 Å². The molecule has 51 heavy (non-hydrogen) atoms. The second-order valence-corrected chi connectivity index (χ2v) is 17.2. The Labute approximate surface area is 307 Å². The number of ether oxygens (including phenoxy) is 3. The van der Waals surface area contributed by atoms with E-state index in [0.29, 0.717) is 34.4 Å². The summed E-state index contributed by atoms with van der Waals surface area (Å²) in [4.78, 5) is 61.0. The molecule has 2 aromatic rings. The van der Waals surface area contributed by atoms with Gasteiger partial charge in [0.15, 0.2) is 0 Å². The minimum absolute atomic E-state index is 0.0780. The fraction of sp³-hybridized carbons (Fsp3) is 0.571. The maximum absolute atomic E-state index is 14.5. The number of hydrogen-bond donors (Lipinski definition) is 3. The predicted molar refractivity (Wildman–Crippen MR) is 190 cm³/mol. The Morgan fingerprint density at radius 1 is 1.18 bits per heavy atom. The third-order valence-corrected chi connectivity index (χ3v) is 11.1. The monoisotopic (exact) mass is 750 g/mol. The fourth-order valence-corrected chi connectivity index (χ4v) is 7.70. The Morgan fingerprint density at radius 2 is 1.88 bits per heavy atom. The molecule has 0 unspecified atom stereocenters. The summed E-state index contributed by atoms with van der Waals surface area (Å²) in [5, 5.41) is 6.07. The third kappa shape index (κ3) is 8.35. The minimum atomic E-state index is -3.95. The van der Waals surface area contributed by atoms with Crippen molar-refractivity contribution in [3.8, 4) is 11.6 Å². The summed E-state index contributed by atoms with van der Waals surface area (Å²) in [6.45, 7) is 8.31. The Morgan fingerprint density at radius 3 is 2.47 bits per heavy atom. The van der Waals surface area contributed by atoms with Crippen molar-refractivity contribution in [1.29, 1.82) is 0 Å². The average Bonchev–Trinajstić information content (AvgIpc) is 3.99. The van der Waals surface area contributed by atoms with Gasteiger partial charge >= 0.3 is 6.09 Å². The lowest BCUT2D eigenvalue weighted by molar-refractivity contribution is -0.143. The highest BCUT2D eigenvalue weighted by Crippen LogP contribution is 2.45. The van der Waals surface area contributed by atoms with Gasteiger partial charge in [-0.3, -0.25) is 19.1 Å². The van der Waals surface area contributed by atoms with E-state index in [1.54, 1.807) is 39.0 Å². The molecule has 2 saturated carbocycles. The Hall–Kier alpha value is -4.11. The van der Waals surface area contributed by atoms with Crippen LogP contribution in [0.5, 0.6) is 11.6 Å². The van der Waals surface area contributed by atoms with Crippen molar-refractivity contribution in [3.05, 3.63) is 42.1 Å². The lowest BCUT2D eigenvalue weighted by Gasteiger charge is -2.36. The van der Waals surface area contributed by atoms with Crippen LogP contribution in [0.3, 0.4) is 0 Å². The average molecular weight is 751 g/mol. The number of nitrogens with zero attached hydrogens (tertiary/aromatic N) is 2. The number of pyridine rings is 1. The van der Waals surface area contributed by atoms with E-state index in [1.807, 2.05) is 0 Å². The SMILES string of the molecule is [2H]C([2H])([2H])C(C)(C)OC(=O)N[C@H](C(=O)N1C[C@H](Oc2ncc(OC)c3ccc(Cl)cc23)C[C@H]1C(=O)N[C@]1(C(=O)NS(=O)(=O)C2CC2)C[C@H]1C=C)C(C)(C)C. The first kappa shape index (κ1) is 34.0. The van der Waals surface area contributed by atoms with Crippen molar-refractivity contribution in [2.24, 2.45) is 11.3 Å². The van der Waals surface area contributed by atoms with Crippen LogP contribution < -0.4 is 24.8 Å². The molecule has 1 aliphatic heterocycles. The standard InChI is InChI=1S/C35H46ClN5O9S/c1-9-19-16-35(19,31(44)40-51(46,47)22-11-12-22)39-28(42)25-15-21(49-29-24-14-20(36)10-13-23(24)26(48-8)17-37-29)18-41(25)30(43)27(33(2,3)4)38-32(45)50-34(5,6)7/h9-10,13-14,17,19,21-22,25,27H,1,11-12,15-16,18H2,2-8H3,(H,38,45)(H,39,42)(H,40,44)/t19-,21-,25+,27-,35-/m1/s1/i5D3. The molecule has 0 radical (unpaired) electrons. The zero-order chi connectivity index (χ0) is 40.2. The maximum atomic E-state index is 14.5. The highest BCUT2D eigenvalue weighted by molar-refractivity contribution is 7.91. The first-order valence-corrected chi connectivity index (χ1v) is 18.5. The van der Waals surface area contributed by atoms with Crippen LogP contribution in [-0.2, 0) is 29.1 Å². The molecule has 0 bridgehead atoms. The number of carbonyl (C=O) groups is 4. The fourth-order valence-electron chi connectivity index (χ4n) is 6.17. The van der Waals surface area contributed by atoms with E-state index in [0.717, 1.165) is 0 Å². The number of carbonyl (C=O) groups excluding carboxylic acids is 4. The second kappa shape index (κ2) is 13.8. The number of methoxy groups -OCH3 is 1. The zero-order valence-electron chi connectivity index (χ0n) is 32.4. The molecule has 1 aromatic heterocycles. The van der Waals surface area contributed by atoms with Crippen LogP contribution in [0.1, 0.15) is 71.3 Å². The number of likely N-dealkylation sites (tertiary alicyclic amines) is 1. The van der Waals surface area contributed by atoms with Gasteiger partial charge in [0.25, 0.3) is 5.91 Å². The molecule has 16 heteroatoms. The summed E-state index contributed by atoms with van der Waals surface area (Å²) in [6.07, 6.45) is 1.70. The van der Waals surface area contributed by atoms with E-state index in [-0.39, 0.29) is 25.3 Å². The molecule has 1 aromatic carbocycles. The first-order valence-electron chi connectivity index (χ1n) is 18.0. The van der Waals surface area contributed by atoms with Crippen LogP contribution in [-0.4, -0.2) is 90.3 Å². The molecule has 3 N–H and O–H groups in total. The van der Waals surface area contributed by atoms with Gasteiger partial charge in [-0.1, -0.05) is 38.4 Å². The normalized spacial score (nSPS) is 25.0. The van der Waals surface area contributed by atoms with Crippen molar-refractivity contribution in [2.75, 3.05) is 13.7 Å². The van der Waals surface area contributed by atoms with Gasteiger partial charge in [0.2, 0.25) is 27.7 Å². The number of aromatic nitrogens is 1. The molecular weight excluding hydrogens is 702 g/mol. The number of rotatable bonds is 11. The number of nitrogens with one attached hydrogen (secondary N) is 3. The summed E-state index contributed by atoms with van der Waals surface area (Å²) in [7, 11) is -2.47. The van der Waals surface area contributed by atoms with E-state index < -0.39 is 86.6 Å². The van der Waals surface area contributed by atoms with Crippen LogP contribution in [0.4, 0.5) is 4.79 Å². The van der Waals surface area contributed by atoms with Crippen LogP contribution in [0.25, 0.3) is 10.8 Å². The molecule has 14 nitrogen and oxygen atoms in total. The highest BCUT2D eigenvalue weighted by atomic mass is 35.5. The van der Waals surface area contributed by atoms with Gasteiger partial charge in [-0.15, -0.1) is 6.58 Å². The number of fused-ring (bicyclic) bond motifs is 1. The van der Waals surface area contributed by atoms with E-state index in [2.05, 4.69) is 26.9 Å². The minimum Gasteiger partial charge on any atom is -0.494 e. The molecular formula is C35H46ClN5O9S. The first-order chi connectivity index (χ1) is 24.9. The van der Waals surface area contributed by atoms with Crippen molar-refractivity contribution in [2.45, 2.75) is 102 Å². The van der Waals surface area contributed by atoms with E-state index in [9.17, 15) is 27.6 Å². The smallest absolute Gasteiger partial charge is 0.408 e. The second-order valence-electron chi connectivity index (χ2n) is 14.8. The zero-order valence-corrected chi connectivity index (χ0v) is 30.9. The van der Waals surface area contributed by atoms with Gasteiger partial charge in [0, 0.05) is 32.2 Å². The maximum Gasteiger partial charge on any atom is 0.408 e. The molecule has 278 valence electrons. The molecule has 4 amide bonds. The molecule has 5 atom stereocenters. The lowest BCUT2D eigenvalue weighted by Crippen LogP contribution is -2.60. The van der Waals surface area contributed by atoms with Crippen LogP contribution in [0, 0.1) is 11.3 Å². The van der Waals surface area contributed by atoms with E-state index >= 15 is 0 Å². The number of halogens is 1. The Bertz CT molecular complexity index is 1970. The van der Waals surface area contributed by atoms with Gasteiger partial charge in [-0.2, -0.15) is 0 Å². The largest absolute Gasteiger partial charge is 0.494 e. The van der Waals surface area contributed by atoms with Gasteiger partial charge in [-0.25, -0.2) is 18.2 Å². The lowest BCUT2D eigenvalue weighted by atomic mass is 9.85. The van der Waals surface area contributed by atoms with Crippen molar-refractivity contribution >= 4 is 56.2 Å². The molecule has 3 aliphatic rings. The number of benzene rings is 1. The Balaban J connectivity index is 1.47. The van der Waals surface area contributed by atoms with Crippen LogP contribution >= 0.6 is 11.6 Å². The van der Waals surface area contributed by atoms with Gasteiger partial charge in [0.05, 0.1) is 25.1 Å². The summed E-state index contributed by atoms with van der Waals surface area (Å²) >= 11 is 6.31. The molecule has 5 rings (SSSR count). The summed E-state index contributed by atoms with van der Waals surface area (Å²) in [5.74, 6) is -2.39. The third-order valence-electron chi connectivity index (χ3n) is 9.10. The number of sulfonamides is 1. The number of hydrogen-bond acceptors (Lipinski definition) is 10. The Kier molecular flexibility index (Phi) is 9.19. The van der Waals surface area contributed by atoms with Crippen molar-refractivity contribution in [1.82, 2.24) is 25.2 Å². The molecule has 2 aliphatic carbocycles.